The molecule has 0 amide bonds. The molecule has 2 fully saturated rings. The molecule has 234 valence electrons. The molecule has 1 saturated carbocycles. The van der Waals surface area contributed by atoms with Crippen molar-refractivity contribution in [1.82, 2.24) is 10.2 Å². The fourth-order valence-electron chi connectivity index (χ4n) is 5.96. The third kappa shape index (κ3) is 10.1. The lowest BCUT2D eigenvalue weighted by atomic mass is 9.91. The molecule has 2 unspecified atom stereocenters. The van der Waals surface area contributed by atoms with E-state index in [1.54, 1.807) is 14.2 Å². The zero-order chi connectivity index (χ0) is 29.7. The van der Waals surface area contributed by atoms with E-state index in [-0.39, 0.29) is 18.8 Å². The highest BCUT2D eigenvalue weighted by molar-refractivity contribution is 5.42. The van der Waals surface area contributed by atoms with Crippen molar-refractivity contribution >= 4 is 0 Å². The minimum atomic E-state index is -0.522. The Kier molecular flexibility index (Phi) is 13.2. The van der Waals surface area contributed by atoms with Gasteiger partial charge in [0.05, 0.1) is 39.6 Å². The van der Waals surface area contributed by atoms with Crippen molar-refractivity contribution in [2.24, 2.45) is 0 Å². The third-order valence-electron chi connectivity index (χ3n) is 8.36. The van der Waals surface area contributed by atoms with Gasteiger partial charge in [0.15, 0.2) is 11.5 Å². The SMILES string of the molecule is COc1ccc(CCO[C@@H]2CCCC[C@@H]2N2CCC(OCCc3ccc(OCC(O)CNC(C)C)cc3)C2)cc1OC. The summed E-state index contributed by atoms with van der Waals surface area (Å²) in [7, 11) is 3.34. The maximum atomic E-state index is 10.0. The van der Waals surface area contributed by atoms with Crippen LogP contribution in [0.3, 0.4) is 0 Å². The minimum Gasteiger partial charge on any atom is -0.493 e. The van der Waals surface area contributed by atoms with Crippen LogP contribution in [0.2, 0.25) is 0 Å². The molecule has 1 heterocycles. The second-order valence-corrected chi connectivity index (χ2v) is 11.9. The number of ether oxygens (including phenoxy) is 5. The molecule has 0 radical (unpaired) electrons. The molecular formula is C34H52N2O6. The summed E-state index contributed by atoms with van der Waals surface area (Å²) in [5.41, 5.74) is 2.43. The van der Waals surface area contributed by atoms with Gasteiger partial charge in [-0.1, -0.05) is 44.9 Å². The van der Waals surface area contributed by atoms with Crippen molar-refractivity contribution in [3.8, 4) is 17.2 Å². The van der Waals surface area contributed by atoms with Gasteiger partial charge in [0.2, 0.25) is 0 Å². The highest BCUT2D eigenvalue weighted by atomic mass is 16.5. The number of benzene rings is 2. The van der Waals surface area contributed by atoms with Gasteiger partial charge in [0.1, 0.15) is 18.5 Å². The molecule has 42 heavy (non-hydrogen) atoms. The Bertz CT molecular complexity index is 1050. The van der Waals surface area contributed by atoms with Gasteiger partial charge in [0.25, 0.3) is 0 Å². The van der Waals surface area contributed by atoms with Crippen LogP contribution in [0.1, 0.15) is 57.1 Å². The predicted molar refractivity (Wildman–Crippen MR) is 166 cm³/mol. The molecule has 2 aromatic rings. The molecule has 8 heteroatoms. The van der Waals surface area contributed by atoms with Gasteiger partial charge in [-0.05, 0) is 67.5 Å². The van der Waals surface area contributed by atoms with Crippen LogP contribution < -0.4 is 19.5 Å². The Labute approximate surface area is 252 Å². The van der Waals surface area contributed by atoms with Crippen molar-refractivity contribution in [1.29, 1.82) is 0 Å². The number of methoxy groups -OCH3 is 2. The Hall–Kier alpha value is -2.36. The summed E-state index contributed by atoms with van der Waals surface area (Å²) in [5.74, 6) is 2.30. The molecule has 4 atom stereocenters. The number of hydrogen-bond donors (Lipinski definition) is 2. The van der Waals surface area contributed by atoms with E-state index in [2.05, 4.69) is 42.3 Å². The lowest BCUT2D eigenvalue weighted by molar-refractivity contribution is -0.0343. The van der Waals surface area contributed by atoms with E-state index in [4.69, 9.17) is 23.7 Å². The smallest absolute Gasteiger partial charge is 0.160 e. The number of aliphatic hydroxyl groups excluding tert-OH is 1. The number of hydrogen-bond acceptors (Lipinski definition) is 8. The van der Waals surface area contributed by atoms with Crippen LogP contribution in [-0.2, 0) is 22.3 Å². The van der Waals surface area contributed by atoms with Crippen molar-refractivity contribution in [3.63, 3.8) is 0 Å². The van der Waals surface area contributed by atoms with E-state index in [0.29, 0.717) is 31.8 Å². The Morgan fingerprint density at radius 2 is 1.60 bits per heavy atom. The highest BCUT2D eigenvalue weighted by Crippen LogP contribution is 2.30. The zero-order valence-corrected chi connectivity index (χ0v) is 26.1. The Balaban J connectivity index is 1.15. The van der Waals surface area contributed by atoms with E-state index in [1.165, 1.54) is 30.4 Å². The summed E-state index contributed by atoms with van der Waals surface area (Å²) in [6.45, 7) is 8.43. The number of nitrogens with zero attached hydrogens (tertiary/aromatic N) is 1. The van der Waals surface area contributed by atoms with Crippen LogP contribution in [0.5, 0.6) is 17.2 Å². The molecular weight excluding hydrogens is 532 g/mol. The largest absolute Gasteiger partial charge is 0.493 e. The molecule has 2 aromatic carbocycles. The van der Waals surface area contributed by atoms with Gasteiger partial charge in [-0.15, -0.1) is 0 Å². The predicted octanol–water partition coefficient (Wildman–Crippen LogP) is 4.65. The van der Waals surface area contributed by atoms with Crippen molar-refractivity contribution in [3.05, 3.63) is 53.6 Å². The molecule has 2 N–H and O–H groups in total. The molecule has 1 aliphatic heterocycles. The Morgan fingerprint density at radius 1 is 0.881 bits per heavy atom. The first-order valence-electron chi connectivity index (χ1n) is 15.8. The first-order valence-corrected chi connectivity index (χ1v) is 15.8. The minimum absolute atomic E-state index is 0.280. The van der Waals surface area contributed by atoms with Gasteiger partial charge in [-0.2, -0.15) is 0 Å². The molecule has 8 nitrogen and oxygen atoms in total. The van der Waals surface area contributed by atoms with Crippen molar-refractivity contribution in [2.75, 3.05) is 53.7 Å². The average Bonchev–Trinajstić information content (AvgIpc) is 3.48. The van der Waals surface area contributed by atoms with E-state index < -0.39 is 6.10 Å². The lowest BCUT2D eigenvalue weighted by Gasteiger charge is -2.38. The number of aliphatic hydroxyl groups is 1. The Morgan fingerprint density at radius 3 is 2.36 bits per heavy atom. The molecule has 1 saturated heterocycles. The van der Waals surface area contributed by atoms with Crippen molar-refractivity contribution in [2.45, 2.75) is 89.2 Å². The fraction of sp³-hybridized carbons (Fsp3) is 0.647. The number of rotatable bonds is 17. The summed E-state index contributed by atoms with van der Waals surface area (Å²) in [6, 6.07) is 15.1. The molecule has 0 aromatic heterocycles. The standard InChI is InChI=1S/C34H52N2O6/c1-25(2)35-22-28(37)24-42-29-12-9-26(10-13-29)16-19-40-30-15-18-36(23-30)31-7-5-6-8-32(31)41-20-17-27-11-14-33(38-3)34(21-27)39-4/h9-14,21,25,28,30-32,35,37H,5-8,15-20,22-24H2,1-4H3/t28?,30?,31-,32+/m0/s1. The van der Waals surface area contributed by atoms with Crippen LogP contribution in [0.15, 0.2) is 42.5 Å². The summed E-state index contributed by atoms with van der Waals surface area (Å²) in [5, 5.41) is 13.3. The van der Waals surface area contributed by atoms with Crippen LogP contribution in [-0.4, -0.2) is 94.1 Å². The first kappa shape index (κ1) is 32.6. The summed E-state index contributed by atoms with van der Waals surface area (Å²) < 4.78 is 29.4. The van der Waals surface area contributed by atoms with Gasteiger partial charge >= 0.3 is 0 Å². The van der Waals surface area contributed by atoms with Crippen LogP contribution in [0.25, 0.3) is 0 Å². The first-order chi connectivity index (χ1) is 20.4. The molecule has 2 aliphatic rings. The average molecular weight is 585 g/mol. The topological polar surface area (TPSA) is 81.7 Å². The van der Waals surface area contributed by atoms with Gasteiger partial charge in [-0.3, -0.25) is 4.90 Å². The molecule has 0 spiro atoms. The van der Waals surface area contributed by atoms with E-state index >= 15 is 0 Å². The lowest BCUT2D eigenvalue weighted by Crippen LogP contribution is -2.46. The number of nitrogens with one attached hydrogen (secondary N) is 1. The maximum Gasteiger partial charge on any atom is 0.160 e. The second kappa shape index (κ2) is 17.1. The summed E-state index contributed by atoms with van der Waals surface area (Å²) in [4.78, 5) is 2.61. The zero-order valence-electron chi connectivity index (χ0n) is 26.1. The molecule has 1 aliphatic carbocycles. The third-order valence-corrected chi connectivity index (χ3v) is 8.36. The van der Waals surface area contributed by atoms with Gasteiger partial charge in [0, 0.05) is 31.7 Å². The highest BCUT2D eigenvalue weighted by Gasteiger charge is 2.35. The van der Waals surface area contributed by atoms with Gasteiger partial charge in [-0.25, -0.2) is 0 Å². The quantitative estimate of drug-likeness (QED) is 0.278. The number of likely N-dealkylation sites (tertiary alicyclic amines) is 1. The van der Waals surface area contributed by atoms with Crippen LogP contribution in [0.4, 0.5) is 0 Å². The normalized spacial score (nSPS) is 21.9. The molecule has 4 rings (SSSR count). The fourth-order valence-corrected chi connectivity index (χ4v) is 5.96. The van der Waals surface area contributed by atoms with E-state index in [1.807, 2.05) is 24.3 Å². The van der Waals surface area contributed by atoms with E-state index in [9.17, 15) is 5.11 Å². The van der Waals surface area contributed by atoms with Crippen molar-refractivity contribution < 1.29 is 28.8 Å². The monoisotopic (exact) mass is 584 g/mol. The molecule has 0 bridgehead atoms. The maximum absolute atomic E-state index is 10.0. The van der Waals surface area contributed by atoms with Gasteiger partial charge < -0.3 is 34.1 Å². The van der Waals surface area contributed by atoms with Crippen LogP contribution >= 0.6 is 0 Å². The van der Waals surface area contributed by atoms with Crippen LogP contribution in [0, 0.1) is 0 Å². The van der Waals surface area contributed by atoms with E-state index in [0.717, 1.165) is 56.0 Å². The second-order valence-electron chi connectivity index (χ2n) is 11.9. The summed E-state index contributed by atoms with van der Waals surface area (Å²) >= 11 is 0. The summed E-state index contributed by atoms with van der Waals surface area (Å²) in [6.07, 6.45) is 7.71.